The largest absolute Gasteiger partial charge is 0.327 e. The SMILES string of the molecule is CSC1=C(C(=O)c2ccc(Br)cc2)[C@H](c2ccc(Cl)c(Cl)c2)NC(=O)N1c1ccccc1. The Kier molecular flexibility index (Phi) is 6.96. The monoisotopic (exact) mass is 546 g/mol. The number of carbonyl (C=O) groups excluding carboxylic acids is 2. The molecule has 1 N–H and O–H groups in total. The van der Waals surface area contributed by atoms with Crippen molar-refractivity contribution in [2.75, 3.05) is 11.2 Å². The number of benzene rings is 3. The average molecular weight is 548 g/mol. The second kappa shape index (κ2) is 9.71. The molecule has 0 saturated heterocycles. The van der Waals surface area contributed by atoms with Gasteiger partial charge in [-0.1, -0.05) is 63.4 Å². The van der Waals surface area contributed by atoms with Crippen LogP contribution in [0.5, 0.6) is 0 Å². The lowest BCUT2D eigenvalue weighted by molar-refractivity contribution is 0.102. The van der Waals surface area contributed by atoms with Gasteiger partial charge in [-0.2, -0.15) is 0 Å². The minimum atomic E-state index is -0.684. The van der Waals surface area contributed by atoms with Crippen molar-refractivity contribution >= 4 is 68.4 Å². The molecule has 0 aliphatic carbocycles. The first-order valence-corrected chi connectivity index (χ1v) is 12.4. The summed E-state index contributed by atoms with van der Waals surface area (Å²) >= 11 is 17.1. The number of thioether (sulfide) groups is 1. The van der Waals surface area contributed by atoms with Gasteiger partial charge in [0, 0.05) is 10.0 Å². The van der Waals surface area contributed by atoms with Gasteiger partial charge in [0.15, 0.2) is 5.78 Å². The summed E-state index contributed by atoms with van der Waals surface area (Å²) in [6.07, 6.45) is 1.85. The van der Waals surface area contributed by atoms with Crippen LogP contribution in [-0.2, 0) is 0 Å². The summed E-state index contributed by atoms with van der Waals surface area (Å²) in [7, 11) is 0. The quantitative estimate of drug-likeness (QED) is 0.337. The molecule has 1 aliphatic heterocycles. The van der Waals surface area contributed by atoms with Gasteiger partial charge in [-0.05, 0) is 60.4 Å². The number of nitrogens with one attached hydrogen (secondary N) is 1. The Morgan fingerprint density at radius 1 is 1.00 bits per heavy atom. The van der Waals surface area contributed by atoms with E-state index in [-0.39, 0.29) is 11.8 Å². The fourth-order valence-corrected chi connectivity index (χ4v) is 4.91. The van der Waals surface area contributed by atoms with E-state index in [1.54, 1.807) is 30.3 Å². The van der Waals surface area contributed by atoms with E-state index in [9.17, 15) is 9.59 Å². The van der Waals surface area contributed by atoms with E-state index in [0.29, 0.717) is 37.5 Å². The Labute approximate surface area is 208 Å². The first kappa shape index (κ1) is 22.9. The zero-order chi connectivity index (χ0) is 22.8. The number of hydrogen-bond acceptors (Lipinski definition) is 3. The second-order valence-electron chi connectivity index (χ2n) is 6.99. The van der Waals surface area contributed by atoms with Crippen molar-refractivity contribution in [2.24, 2.45) is 0 Å². The number of nitrogens with zero attached hydrogens (tertiary/aromatic N) is 1. The topological polar surface area (TPSA) is 49.4 Å². The minimum Gasteiger partial charge on any atom is -0.326 e. The molecule has 3 aromatic carbocycles. The van der Waals surface area contributed by atoms with Gasteiger partial charge in [-0.25, -0.2) is 4.79 Å². The minimum absolute atomic E-state index is 0.182. The predicted octanol–water partition coefficient (Wildman–Crippen LogP) is 7.48. The van der Waals surface area contributed by atoms with Gasteiger partial charge >= 0.3 is 6.03 Å². The molecule has 1 heterocycles. The van der Waals surface area contributed by atoms with Crippen LogP contribution in [0.3, 0.4) is 0 Å². The van der Waals surface area contributed by atoms with E-state index in [2.05, 4.69) is 21.2 Å². The van der Waals surface area contributed by atoms with Crippen LogP contribution >= 0.6 is 50.9 Å². The van der Waals surface area contributed by atoms with Crippen molar-refractivity contribution < 1.29 is 9.59 Å². The molecule has 0 radical (unpaired) electrons. The molecule has 0 bridgehead atoms. The number of hydrogen-bond donors (Lipinski definition) is 1. The molecule has 162 valence electrons. The molecule has 1 atom stereocenters. The predicted molar refractivity (Wildman–Crippen MR) is 136 cm³/mol. The van der Waals surface area contributed by atoms with Gasteiger partial charge in [0.2, 0.25) is 0 Å². The number of urea groups is 1. The number of anilines is 1. The van der Waals surface area contributed by atoms with Gasteiger partial charge in [0.1, 0.15) is 0 Å². The van der Waals surface area contributed by atoms with Crippen LogP contribution in [0.4, 0.5) is 10.5 Å². The van der Waals surface area contributed by atoms with Crippen molar-refractivity contribution in [1.82, 2.24) is 5.32 Å². The van der Waals surface area contributed by atoms with E-state index in [1.807, 2.05) is 48.7 Å². The molecule has 32 heavy (non-hydrogen) atoms. The lowest BCUT2D eigenvalue weighted by atomic mass is 9.91. The van der Waals surface area contributed by atoms with Crippen LogP contribution in [0.15, 0.2) is 87.9 Å². The summed E-state index contributed by atoms with van der Waals surface area (Å²) in [4.78, 5) is 28.5. The van der Waals surface area contributed by atoms with Crippen LogP contribution in [-0.4, -0.2) is 18.1 Å². The van der Waals surface area contributed by atoms with Gasteiger partial charge in [0.05, 0.1) is 32.4 Å². The smallest absolute Gasteiger partial charge is 0.326 e. The van der Waals surface area contributed by atoms with E-state index < -0.39 is 6.04 Å². The zero-order valence-electron chi connectivity index (χ0n) is 16.8. The highest BCUT2D eigenvalue weighted by molar-refractivity contribution is 9.10. The molecular formula is C24H17BrCl2N2O2S. The van der Waals surface area contributed by atoms with Crippen LogP contribution in [0.25, 0.3) is 0 Å². The number of rotatable bonds is 5. The number of Topliss-reactive ketones (excluding diaryl/α,β-unsaturated/α-hetero) is 1. The second-order valence-corrected chi connectivity index (χ2v) is 9.51. The summed E-state index contributed by atoms with van der Waals surface area (Å²) in [6, 6.07) is 20.5. The maximum atomic E-state index is 13.8. The Morgan fingerprint density at radius 2 is 1.69 bits per heavy atom. The summed E-state index contributed by atoms with van der Waals surface area (Å²) in [6.45, 7) is 0. The van der Waals surface area contributed by atoms with E-state index >= 15 is 0 Å². The van der Waals surface area contributed by atoms with E-state index in [4.69, 9.17) is 23.2 Å². The van der Waals surface area contributed by atoms with Crippen molar-refractivity contribution in [2.45, 2.75) is 6.04 Å². The van der Waals surface area contributed by atoms with Crippen molar-refractivity contribution in [3.8, 4) is 0 Å². The highest BCUT2D eigenvalue weighted by atomic mass is 79.9. The first-order chi connectivity index (χ1) is 15.4. The molecule has 4 rings (SSSR count). The fourth-order valence-electron chi connectivity index (χ4n) is 3.54. The van der Waals surface area contributed by atoms with Crippen molar-refractivity contribution in [3.63, 3.8) is 0 Å². The average Bonchev–Trinajstić information content (AvgIpc) is 2.80. The molecule has 0 unspecified atom stereocenters. The summed E-state index contributed by atoms with van der Waals surface area (Å²) in [5.41, 5.74) is 2.32. The molecule has 4 nitrogen and oxygen atoms in total. The van der Waals surface area contributed by atoms with Gasteiger partial charge < -0.3 is 5.32 Å². The third kappa shape index (κ3) is 4.46. The lowest BCUT2D eigenvalue weighted by Crippen LogP contribution is -2.48. The molecule has 8 heteroatoms. The summed E-state index contributed by atoms with van der Waals surface area (Å²) < 4.78 is 0.872. The molecule has 0 saturated carbocycles. The first-order valence-electron chi connectivity index (χ1n) is 9.59. The number of carbonyl (C=O) groups is 2. The fraction of sp³-hybridized carbons (Fsp3) is 0.0833. The Balaban J connectivity index is 1.93. The number of ketones is 1. The number of para-hydroxylation sites is 1. The van der Waals surface area contributed by atoms with Crippen LogP contribution in [0.2, 0.25) is 10.0 Å². The molecular weight excluding hydrogens is 531 g/mol. The number of halogens is 3. The highest BCUT2D eigenvalue weighted by Gasteiger charge is 2.38. The van der Waals surface area contributed by atoms with Crippen LogP contribution in [0.1, 0.15) is 22.0 Å². The van der Waals surface area contributed by atoms with Crippen molar-refractivity contribution in [3.05, 3.63) is 109 Å². The summed E-state index contributed by atoms with van der Waals surface area (Å²) in [5, 5.41) is 4.30. The number of amides is 2. The molecule has 0 aromatic heterocycles. The van der Waals surface area contributed by atoms with E-state index in [1.165, 1.54) is 16.7 Å². The Hall–Kier alpha value is -2.25. The highest BCUT2D eigenvalue weighted by Crippen LogP contribution is 2.40. The Morgan fingerprint density at radius 3 is 2.31 bits per heavy atom. The van der Waals surface area contributed by atoms with Gasteiger partial charge in [-0.15, -0.1) is 11.8 Å². The third-order valence-electron chi connectivity index (χ3n) is 5.03. The maximum Gasteiger partial charge on any atom is 0.327 e. The molecule has 3 aromatic rings. The van der Waals surface area contributed by atoms with Gasteiger partial charge in [-0.3, -0.25) is 9.69 Å². The normalized spacial score (nSPS) is 16.2. The Bertz CT molecular complexity index is 1220. The summed E-state index contributed by atoms with van der Waals surface area (Å²) in [5.74, 6) is -0.182. The molecule has 1 aliphatic rings. The third-order valence-corrected chi connectivity index (χ3v) is 7.09. The molecule has 0 fully saturated rings. The maximum absolute atomic E-state index is 13.8. The van der Waals surface area contributed by atoms with Gasteiger partial charge in [0.25, 0.3) is 0 Å². The molecule has 0 spiro atoms. The van der Waals surface area contributed by atoms with Crippen LogP contribution in [0, 0.1) is 0 Å². The zero-order valence-corrected chi connectivity index (χ0v) is 20.7. The van der Waals surface area contributed by atoms with E-state index in [0.717, 1.165) is 4.47 Å². The molecule has 2 amide bonds. The van der Waals surface area contributed by atoms with Crippen LogP contribution < -0.4 is 10.2 Å². The standard InChI is InChI=1S/C24H17BrCl2N2O2S/c1-32-23-20(22(30)14-7-10-16(25)11-8-14)21(15-9-12-18(26)19(27)13-15)28-24(31)29(23)17-5-3-2-4-6-17/h2-13,21H,1H3,(H,28,31)/t21-/m0/s1. The van der Waals surface area contributed by atoms with Crippen molar-refractivity contribution in [1.29, 1.82) is 0 Å². The lowest BCUT2D eigenvalue weighted by Gasteiger charge is -2.36.